The van der Waals surface area contributed by atoms with Gasteiger partial charge in [-0.2, -0.15) is 0 Å². The third-order valence-electron chi connectivity index (χ3n) is 3.14. The summed E-state index contributed by atoms with van der Waals surface area (Å²) in [5.41, 5.74) is 6.73. The molecule has 1 heterocycles. The van der Waals surface area contributed by atoms with Crippen LogP contribution < -0.4 is 11.3 Å². The lowest BCUT2D eigenvalue weighted by molar-refractivity contribution is 0.640. The van der Waals surface area contributed by atoms with Crippen LogP contribution in [0.5, 0.6) is 0 Å². The number of para-hydroxylation sites is 1. The van der Waals surface area contributed by atoms with Crippen molar-refractivity contribution in [2.45, 2.75) is 6.04 Å². The molecular weight excluding hydrogens is 236 g/mol. The molecule has 0 aliphatic rings. The lowest BCUT2D eigenvalue weighted by Gasteiger charge is -2.17. The normalized spacial score (nSPS) is 12.5. The van der Waals surface area contributed by atoms with Crippen LogP contribution in [0.2, 0.25) is 0 Å². The van der Waals surface area contributed by atoms with Crippen LogP contribution in [-0.2, 0) is 0 Å². The van der Waals surface area contributed by atoms with Crippen molar-refractivity contribution in [2.24, 2.45) is 5.84 Å². The molecule has 0 spiro atoms. The van der Waals surface area contributed by atoms with Crippen molar-refractivity contribution >= 4 is 11.0 Å². The van der Waals surface area contributed by atoms with Gasteiger partial charge in [-0.05, 0) is 11.6 Å². The third-order valence-corrected chi connectivity index (χ3v) is 3.14. The van der Waals surface area contributed by atoms with Crippen molar-refractivity contribution in [1.29, 1.82) is 0 Å². The van der Waals surface area contributed by atoms with Gasteiger partial charge in [0.15, 0.2) is 0 Å². The van der Waals surface area contributed by atoms with Crippen LogP contribution in [0, 0.1) is 0 Å². The molecule has 1 aromatic heterocycles. The number of nitrogens with zero attached hydrogens (tertiary/aromatic N) is 2. The second-order valence-corrected chi connectivity index (χ2v) is 4.28. The maximum atomic E-state index is 5.73. The molecule has 0 amide bonds. The number of benzene rings is 2. The van der Waals surface area contributed by atoms with Gasteiger partial charge in [-0.1, -0.05) is 42.5 Å². The average molecular weight is 250 g/mol. The Kier molecular flexibility index (Phi) is 3.18. The van der Waals surface area contributed by atoms with E-state index in [9.17, 15) is 0 Å². The van der Waals surface area contributed by atoms with Gasteiger partial charge in [0.05, 0.1) is 17.1 Å². The molecular formula is C15H14N4. The van der Waals surface area contributed by atoms with Crippen molar-refractivity contribution < 1.29 is 0 Å². The summed E-state index contributed by atoms with van der Waals surface area (Å²) >= 11 is 0. The Hall–Kier alpha value is -2.30. The number of rotatable bonds is 3. The van der Waals surface area contributed by atoms with Crippen molar-refractivity contribution in [1.82, 2.24) is 15.4 Å². The molecule has 0 aliphatic carbocycles. The van der Waals surface area contributed by atoms with Crippen LogP contribution in [0.4, 0.5) is 0 Å². The Balaban J connectivity index is 2.17. The molecule has 4 nitrogen and oxygen atoms in total. The minimum atomic E-state index is -0.0957. The molecule has 0 bridgehead atoms. The van der Waals surface area contributed by atoms with Crippen LogP contribution in [0.3, 0.4) is 0 Å². The molecule has 3 N–H and O–H groups in total. The predicted octanol–water partition coefficient (Wildman–Crippen LogP) is 2.18. The quantitative estimate of drug-likeness (QED) is 0.552. The minimum Gasteiger partial charge on any atom is -0.271 e. The average Bonchev–Trinajstić information content (AvgIpc) is 2.49. The van der Waals surface area contributed by atoms with Gasteiger partial charge in [-0.3, -0.25) is 15.8 Å². The maximum Gasteiger partial charge on any atom is 0.0938 e. The summed E-state index contributed by atoms with van der Waals surface area (Å²) in [5.74, 6) is 5.73. The van der Waals surface area contributed by atoms with Gasteiger partial charge in [0.1, 0.15) is 0 Å². The lowest BCUT2D eigenvalue weighted by atomic mass is 9.98. The van der Waals surface area contributed by atoms with E-state index in [0.717, 1.165) is 22.2 Å². The van der Waals surface area contributed by atoms with Gasteiger partial charge >= 0.3 is 0 Å². The van der Waals surface area contributed by atoms with Crippen LogP contribution >= 0.6 is 0 Å². The molecule has 1 atom stereocenters. The van der Waals surface area contributed by atoms with E-state index in [-0.39, 0.29) is 6.04 Å². The largest absolute Gasteiger partial charge is 0.271 e. The van der Waals surface area contributed by atoms with E-state index >= 15 is 0 Å². The molecule has 3 rings (SSSR count). The number of hydrogen-bond donors (Lipinski definition) is 2. The standard InChI is InChI=1S/C15H14N4/c16-19-14(11-5-2-1-3-6-11)12-7-4-8-13-15(12)18-10-9-17-13/h1-10,14,19H,16H2. The summed E-state index contributed by atoms with van der Waals surface area (Å²) in [4.78, 5) is 8.74. The first kappa shape index (κ1) is 11.8. The Morgan fingerprint density at radius 3 is 2.47 bits per heavy atom. The summed E-state index contributed by atoms with van der Waals surface area (Å²) in [7, 11) is 0. The summed E-state index contributed by atoms with van der Waals surface area (Å²) in [6, 6.07) is 15.9. The highest BCUT2D eigenvalue weighted by atomic mass is 15.2. The molecule has 2 aromatic carbocycles. The van der Waals surface area contributed by atoms with Crippen molar-refractivity contribution in [3.05, 3.63) is 72.1 Å². The van der Waals surface area contributed by atoms with E-state index in [1.807, 2.05) is 48.5 Å². The van der Waals surface area contributed by atoms with E-state index in [1.54, 1.807) is 12.4 Å². The maximum absolute atomic E-state index is 5.73. The number of hydrogen-bond acceptors (Lipinski definition) is 4. The Labute approximate surface area is 111 Å². The van der Waals surface area contributed by atoms with Gasteiger partial charge in [0, 0.05) is 18.0 Å². The van der Waals surface area contributed by atoms with Crippen LogP contribution in [0.1, 0.15) is 17.2 Å². The molecule has 0 radical (unpaired) electrons. The monoisotopic (exact) mass is 250 g/mol. The summed E-state index contributed by atoms with van der Waals surface area (Å²) in [5, 5.41) is 0. The van der Waals surface area contributed by atoms with Crippen molar-refractivity contribution in [3.63, 3.8) is 0 Å². The minimum absolute atomic E-state index is 0.0957. The fraction of sp³-hybridized carbons (Fsp3) is 0.0667. The number of hydrazine groups is 1. The van der Waals surface area contributed by atoms with Gasteiger partial charge in [0.25, 0.3) is 0 Å². The SMILES string of the molecule is NNC(c1ccccc1)c1cccc2nccnc12. The van der Waals surface area contributed by atoms with Crippen LogP contribution in [0.15, 0.2) is 60.9 Å². The zero-order chi connectivity index (χ0) is 13.1. The molecule has 0 aliphatic heterocycles. The van der Waals surface area contributed by atoms with Crippen molar-refractivity contribution in [2.75, 3.05) is 0 Å². The number of aromatic nitrogens is 2. The Morgan fingerprint density at radius 1 is 0.895 bits per heavy atom. The van der Waals surface area contributed by atoms with Crippen LogP contribution in [0.25, 0.3) is 11.0 Å². The van der Waals surface area contributed by atoms with Gasteiger partial charge < -0.3 is 0 Å². The van der Waals surface area contributed by atoms with Gasteiger partial charge in [0.2, 0.25) is 0 Å². The third kappa shape index (κ3) is 2.19. The number of fused-ring (bicyclic) bond motifs is 1. The fourth-order valence-corrected chi connectivity index (χ4v) is 2.26. The molecule has 19 heavy (non-hydrogen) atoms. The van der Waals surface area contributed by atoms with E-state index in [0.29, 0.717) is 0 Å². The Morgan fingerprint density at radius 2 is 1.68 bits per heavy atom. The summed E-state index contributed by atoms with van der Waals surface area (Å²) in [6.07, 6.45) is 3.39. The first-order valence-corrected chi connectivity index (χ1v) is 6.11. The summed E-state index contributed by atoms with van der Waals surface area (Å²) < 4.78 is 0. The highest BCUT2D eigenvalue weighted by molar-refractivity contribution is 5.78. The highest BCUT2D eigenvalue weighted by Gasteiger charge is 2.15. The second kappa shape index (κ2) is 5.14. The molecule has 94 valence electrons. The van der Waals surface area contributed by atoms with E-state index < -0.39 is 0 Å². The predicted molar refractivity (Wildman–Crippen MR) is 75.1 cm³/mol. The van der Waals surface area contributed by atoms with Crippen molar-refractivity contribution in [3.8, 4) is 0 Å². The first-order valence-electron chi connectivity index (χ1n) is 6.11. The van der Waals surface area contributed by atoms with Gasteiger partial charge in [-0.25, -0.2) is 5.43 Å². The first-order chi connectivity index (χ1) is 9.40. The fourth-order valence-electron chi connectivity index (χ4n) is 2.26. The van der Waals surface area contributed by atoms with E-state index in [4.69, 9.17) is 5.84 Å². The smallest absolute Gasteiger partial charge is 0.0938 e. The lowest BCUT2D eigenvalue weighted by Crippen LogP contribution is -2.29. The van der Waals surface area contributed by atoms with E-state index in [2.05, 4.69) is 15.4 Å². The zero-order valence-electron chi connectivity index (χ0n) is 10.3. The molecule has 0 saturated carbocycles. The molecule has 1 unspecified atom stereocenters. The topological polar surface area (TPSA) is 63.8 Å². The summed E-state index contributed by atoms with van der Waals surface area (Å²) in [6.45, 7) is 0. The van der Waals surface area contributed by atoms with Crippen LogP contribution in [-0.4, -0.2) is 9.97 Å². The highest BCUT2D eigenvalue weighted by Crippen LogP contribution is 2.26. The second-order valence-electron chi connectivity index (χ2n) is 4.28. The molecule has 3 aromatic rings. The molecule has 0 fully saturated rings. The molecule has 4 heteroatoms. The number of nitrogens with one attached hydrogen (secondary N) is 1. The molecule has 0 saturated heterocycles. The number of nitrogens with two attached hydrogens (primary N) is 1. The van der Waals surface area contributed by atoms with Gasteiger partial charge in [-0.15, -0.1) is 0 Å². The Bertz CT molecular complexity index is 677. The van der Waals surface area contributed by atoms with E-state index in [1.165, 1.54) is 0 Å². The zero-order valence-corrected chi connectivity index (χ0v) is 10.3.